The zero-order valence-electron chi connectivity index (χ0n) is 13.6. The number of nitrogens with one attached hydrogen (secondary N) is 3. The molecule has 1 heterocycles. The lowest BCUT2D eigenvalue weighted by atomic mass is 10.1. The van der Waals surface area contributed by atoms with Crippen molar-refractivity contribution in [1.29, 1.82) is 0 Å². The van der Waals surface area contributed by atoms with Gasteiger partial charge in [-0.25, -0.2) is 4.79 Å². The first-order chi connectivity index (χ1) is 9.26. The summed E-state index contributed by atoms with van der Waals surface area (Å²) in [4.78, 5) is 11.6. The fourth-order valence-electron chi connectivity index (χ4n) is 2.55. The average Bonchev–Trinajstić information content (AvgIpc) is 2.76. The molecule has 0 aromatic rings. The topological polar surface area (TPSA) is 62.4 Å². The molecule has 1 saturated heterocycles. The number of hydrogen-bond acceptors (Lipinski definition) is 4. The van der Waals surface area contributed by atoms with E-state index in [0.717, 1.165) is 13.0 Å². The monoisotopic (exact) mass is 285 g/mol. The largest absolute Gasteiger partial charge is 0.444 e. The highest BCUT2D eigenvalue weighted by Crippen LogP contribution is 2.11. The van der Waals surface area contributed by atoms with Crippen LogP contribution in [-0.4, -0.2) is 42.9 Å². The van der Waals surface area contributed by atoms with Gasteiger partial charge in [0.05, 0.1) is 0 Å². The van der Waals surface area contributed by atoms with Gasteiger partial charge in [-0.1, -0.05) is 0 Å². The van der Waals surface area contributed by atoms with Crippen molar-refractivity contribution in [2.75, 3.05) is 13.1 Å². The highest BCUT2D eigenvalue weighted by Gasteiger charge is 2.19. The van der Waals surface area contributed by atoms with Crippen LogP contribution in [0.1, 0.15) is 53.9 Å². The Morgan fingerprint density at radius 2 is 2.05 bits per heavy atom. The number of carbonyl (C=O) groups excluding carboxylic acids is 1. The van der Waals surface area contributed by atoms with Gasteiger partial charge in [-0.05, 0) is 60.4 Å². The fraction of sp³-hybridized carbons (Fsp3) is 0.933. The molecular formula is C15H31N3O2. The molecule has 5 nitrogen and oxygen atoms in total. The van der Waals surface area contributed by atoms with E-state index in [9.17, 15) is 4.79 Å². The molecule has 20 heavy (non-hydrogen) atoms. The molecule has 3 N–H and O–H groups in total. The Labute approximate surface area is 123 Å². The van der Waals surface area contributed by atoms with E-state index in [1.54, 1.807) is 0 Å². The molecule has 3 atom stereocenters. The molecule has 0 saturated carbocycles. The standard InChI is InChI=1S/C15H31N3O2/c1-11(9-13-7-6-8-16-13)18-12(2)10-17-14(19)20-15(3,4)5/h11-13,16,18H,6-10H2,1-5H3,(H,17,19). The lowest BCUT2D eigenvalue weighted by Crippen LogP contribution is -2.45. The van der Waals surface area contributed by atoms with E-state index in [1.807, 2.05) is 20.8 Å². The SMILES string of the molecule is CC(CNC(=O)OC(C)(C)C)NC(C)CC1CCCN1. The Bertz CT molecular complexity index is 296. The third-order valence-electron chi connectivity index (χ3n) is 3.32. The zero-order valence-corrected chi connectivity index (χ0v) is 13.6. The van der Waals surface area contributed by atoms with Gasteiger partial charge in [0.25, 0.3) is 0 Å². The van der Waals surface area contributed by atoms with Crippen molar-refractivity contribution < 1.29 is 9.53 Å². The maximum Gasteiger partial charge on any atom is 0.407 e. The summed E-state index contributed by atoms with van der Waals surface area (Å²) in [5.74, 6) is 0. The van der Waals surface area contributed by atoms with E-state index < -0.39 is 5.60 Å². The minimum absolute atomic E-state index is 0.235. The summed E-state index contributed by atoms with van der Waals surface area (Å²) in [6.07, 6.45) is 3.34. The molecular weight excluding hydrogens is 254 g/mol. The average molecular weight is 285 g/mol. The maximum atomic E-state index is 11.6. The second-order valence-electron chi connectivity index (χ2n) is 6.88. The van der Waals surface area contributed by atoms with Crippen molar-refractivity contribution in [2.24, 2.45) is 0 Å². The van der Waals surface area contributed by atoms with Gasteiger partial charge in [0.15, 0.2) is 0 Å². The Hall–Kier alpha value is -0.810. The first-order valence-corrected chi connectivity index (χ1v) is 7.72. The predicted octanol–water partition coefficient (Wildman–Crippen LogP) is 2.02. The number of alkyl carbamates (subject to hydrolysis) is 1. The van der Waals surface area contributed by atoms with Crippen LogP contribution in [0, 0.1) is 0 Å². The number of rotatable bonds is 6. The van der Waals surface area contributed by atoms with Crippen LogP contribution in [-0.2, 0) is 4.74 Å². The van der Waals surface area contributed by atoms with Gasteiger partial charge in [-0.15, -0.1) is 0 Å². The molecule has 0 radical (unpaired) electrons. The highest BCUT2D eigenvalue weighted by molar-refractivity contribution is 5.67. The van der Waals surface area contributed by atoms with Crippen LogP contribution in [0.4, 0.5) is 4.79 Å². The summed E-state index contributed by atoms with van der Waals surface area (Å²) in [6, 6.07) is 1.32. The normalized spacial score (nSPS) is 22.4. The second kappa shape index (κ2) is 7.84. The number of ether oxygens (including phenoxy) is 1. The Balaban J connectivity index is 2.15. The molecule has 0 aromatic carbocycles. The summed E-state index contributed by atoms with van der Waals surface area (Å²) < 4.78 is 5.21. The Morgan fingerprint density at radius 3 is 2.60 bits per heavy atom. The minimum atomic E-state index is -0.442. The predicted molar refractivity (Wildman–Crippen MR) is 81.9 cm³/mol. The van der Waals surface area contributed by atoms with Gasteiger partial charge < -0.3 is 20.7 Å². The van der Waals surface area contributed by atoms with Crippen molar-refractivity contribution >= 4 is 6.09 Å². The molecule has 0 spiro atoms. The third-order valence-corrected chi connectivity index (χ3v) is 3.32. The summed E-state index contributed by atoms with van der Waals surface area (Å²) in [6.45, 7) is 11.6. The van der Waals surface area contributed by atoms with Crippen LogP contribution in [0.2, 0.25) is 0 Å². The lowest BCUT2D eigenvalue weighted by Gasteiger charge is -2.24. The van der Waals surface area contributed by atoms with Crippen LogP contribution < -0.4 is 16.0 Å². The molecule has 1 amide bonds. The molecule has 0 aromatic heterocycles. The molecule has 118 valence electrons. The van der Waals surface area contributed by atoms with E-state index in [0.29, 0.717) is 18.6 Å². The van der Waals surface area contributed by atoms with Gasteiger partial charge in [0.1, 0.15) is 5.60 Å². The van der Waals surface area contributed by atoms with Crippen molar-refractivity contribution in [3.05, 3.63) is 0 Å². The van der Waals surface area contributed by atoms with E-state index >= 15 is 0 Å². The van der Waals surface area contributed by atoms with Crippen LogP contribution in [0.3, 0.4) is 0 Å². The highest BCUT2D eigenvalue weighted by atomic mass is 16.6. The number of hydrogen-bond donors (Lipinski definition) is 3. The zero-order chi connectivity index (χ0) is 15.2. The summed E-state index contributed by atoms with van der Waals surface area (Å²) in [5, 5.41) is 9.82. The molecule has 3 unspecified atom stereocenters. The smallest absolute Gasteiger partial charge is 0.407 e. The van der Waals surface area contributed by atoms with Gasteiger partial charge in [0, 0.05) is 24.7 Å². The van der Waals surface area contributed by atoms with Crippen LogP contribution in [0.15, 0.2) is 0 Å². The van der Waals surface area contributed by atoms with Crippen LogP contribution in [0.25, 0.3) is 0 Å². The number of amides is 1. The quantitative estimate of drug-likeness (QED) is 0.699. The van der Waals surface area contributed by atoms with Crippen molar-refractivity contribution in [3.8, 4) is 0 Å². The van der Waals surface area contributed by atoms with Gasteiger partial charge in [0.2, 0.25) is 0 Å². The van der Waals surface area contributed by atoms with Crippen molar-refractivity contribution in [1.82, 2.24) is 16.0 Å². The van der Waals surface area contributed by atoms with E-state index in [2.05, 4.69) is 29.8 Å². The number of carbonyl (C=O) groups is 1. The maximum absolute atomic E-state index is 11.6. The van der Waals surface area contributed by atoms with Crippen LogP contribution >= 0.6 is 0 Å². The van der Waals surface area contributed by atoms with E-state index in [1.165, 1.54) is 12.8 Å². The van der Waals surface area contributed by atoms with Gasteiger partial charge in [-0.3, -0.25) is 0 Å². The van der Waals surface area contributed by atoms with E-state index in [-0.39, 0.29) is 12.1 Å². The Morgan fingerprint density at radius 1 is 1.35 bits per heavy atom. The lowest BCUT2D eigenvalue weighted by molar-refractivity contribution is 0.0522. The molecule has 1 aliphatic rings. The molecule has 1 rings (SSSR count). The van der Waals surface area contributed by atoms with Crippen molar-refractivity contribution in [2.45, 2.75) is 77.6 Å². The molecule has 0 aliphatic carbocycles. The van der Waals surface area contributed by atoms with Crippen molar-refractivity contribution in [3.63, 3.8) is 0 Å². The molecule has 5 heteroatoms. The summed E-state index contributed by atoms with van der Waals surface area (Å²) in [7, 11) is 0. The summed E-state index contributed by atoms with van der Waals surface area (Å²) in [5.41, 5.74) is -0.442. The fourth-order valence-corrected chi connectivity index (χ4v) is 2.55. The second-order valence-corrected chi connectivity index (χ2v) is 6.88. The minimum Gasteiger partial charge on any atom is -0.444 e. The first-order valence-electron chi connectivity index (χ1n) is 7.72. The molecule has 1 aliphatic heterocycles. The summed E-state index contributed by atoms with van der Waals surface area (Å²) >= 11 is 0. The molecule has 0 bridgehead atoms. The van der Waals surface area contributed by atoms with E-state index in [4.69, 9.17) is 4.74 Å². The van der Waals surface area contributed by atoms with Crippen LogP contribution in [0.5, 0.6) is 0 Å². The molecule has 1 fully saturated rings. The third kappa shape index (κ3) is 7.70. The Kier molecular flexibility index (Phi) is 6.76. The van der Waals surface area contributed by atoms with Gasteiger partial charge in [-0.2, -0.15) is 0 Å². The van der Waals surface area contributed by atoms with Gasteiger partial charge >= 0.3 is 6.09 Å². The first kappa shape index (κ1) is 17.2.